The highest BCUT2D eigenvalue weighted by atomic mass is 16.5. The van der Waals surface area contributed by atoms with Gasteiger partial charge < -0.3 is 15.0 Å². The number of hydrogen-bond acceptors (Lipinski definition) is 3. The number of para-hydroxylation sites is 1. The van der Waals surface area contributed by atoms with Crippen LogP contribution in [0.25, 0.3) is 0 Å². The molecule has 2 amide bonds. The number of hydrogen-bond donors (Lipinski definition) is 1. The summed E-state index contributed by atoms with van der Waals surface area (Å²) in [5, 5.41) is 2.96. The summed E-state index contributed by atoms with van der Waals surface area (Å²) >= 11 is 0. The van der Waals surface area contributed by atoms with Gasteiger partial charge in [0.2, 0.25) is 0 Å². The summed E-state index contributed by atoms with van der Waals surface area (Å²) in [6.07, 6.45) is 0.616. The van der Waals surface area contributed by atoms with Crippen molar-refractivity contribution in [1.29, 1.82) is 0 Å². The molecule has 5 heteroatoms. The van der Waals surface area contributed by atoms with Crippen LogP contribution in [0, 0.1) is 6.92 Å². The molecule has 0 aromatic heterocycles. The lowest BCUT2D eigenvalue weighted by Gasteiger charge is -2.25. The highest BCUT2D eigenvalue weighted by Gasteiger charge is 2.26. The van der Waals surface area contributed by atoms with Crippen molar-refractivity contribution in [3.8, 4) is 5.75 Å². The Morgan fingerprint density at radius 1 is 0.969 bits per heavy atom. The van der Waals surface area contributed by atoms with E-state index in [9.17, 15) is 9.59 Å². The lowest BCUT2D eigenvalue weighted by Crippen LogP contribution is -2.40. The number of nitrogens with zero attached hydrogens (tertiary/aromatic N) is 1. The summed E-state index contributed by atoms with van der Waals surface area (Å²) in [5.74, 6) is 0.257. The van der Waals surface area contributed by atoms with Crippen LogP contribution in [0.1, 0.15) is 34.8 Å². The summed E-state index contributed by atoms with van der Waals surface area (Å²) in [5.41, 5.74) is 3.24. The minimum absolute atomic E-state index is 0.196. The number of benzene rings is 3. The van der Waals surface area contributed by atoms with E-state index in [4.69, 9.17) is 4.74 Å². The Balaban J connectivity index is 1.69. The number of nitrogens with one attached hydrogen (secondary N) is 1. The van der Waals surface area contributed by atoms with Crippen molar-refractivity contribution in [1.82, 2.24) is 5.32 Å². The van der Waals surface area contributed by atoms with Crippen molar-refractivity contribution in [3.63, 3.8) is 0 Å². The fourth-order valence-electron chi connectivity index (χ4n) is 3.51. The van der Waals surface area contributed by atoms with Gasteiger partial charge in [-0.15, -0.1) is 0 Å². The Hall–Kier alpha value is -3.60. The third-order valence-electron chi connectivity index (χ3n) is 5.30. The molecule has 1 unspecified atom stereocenters. The fraction of sp³-hybridized carbons (Fsp3) is 0.259. The van der Waals surface area contributed by atoms with Gasteiger partial charge in [0.05, 0.1) is 11.3 Å². The van der Waals surface area contributed by atoms with Crippen LogP contribution in [0.2, 0.25) is 0 Å². The van der Waals surface area contributed by atoms with Gasteiger partial charge in [-0.3, -0.25) is 9.59 Å². The number of ether oxygens (including phenoxy) is 1. The molecule has 1 N–H and O–H groups in total. The van der Waals surface area contributed by atoms with Crippen LogP contribution >= 0.6 is 0 Å². The van der Waals surface area contributed by atoms with E-state index in [0.29, 0.717) is 30.0 Å². The van der Waals surface area contributed by atoms with E-state index in [1.807, 2.05) is 74.5 Å². The number of likely N-dealkylation sites (N-methyl/N-ethyl adjacent to an activating group) is 1. The first-order valence-electron chi connectivity index (χ1n) is 10.9. The van der Waals surface area contributed by atoms with Crippen molar-refractivity contribution in [2.24, 2.45) is 0 Å². The van der Waals surface area contributed by atoms with Gasteiger partial charge in [-0.05, 0) is 55.2 Å². The molecular formula is C27H30N2O3. The maximum atomic E-state index is 13.2. The largest absolute Gasteiger partial charge is 0.481 e. The van der Waals surface area contributed by atoms with Crippen LogP contribution in [0.5, 0.6) is 5.75 Å². The predicted molar refractivity (Wildman–Crippen MR) is 128 cm³/mol. The molecule has 0 fully saturated rings. The Kier molecular flexibility index (Phi) is 8.03. The third kappa shape index (κ3) is 5.97. The van der Waals surface area contributed by atoms with Crippen LogP contribution in [0.4, 0.5) is 5.69 Å². The summed E-state index contributed by atoms with van der Waals surface area (Å²) in [4.78, 5) is 27.6. The SMILES string of the molecule is CCC(Oc1cccc(C)c1)C(=O)N(C)c1ccccc1C(=O)NCCc1ccccc1. The van der Waals surface area contributed by atoms with Gasteiger partial charge in [0.25, 0.3) is 11.8 Å². The zero-order valence-electron chi connectivity index (χ0n) is 18.9. The molecular weight excluding hydrogens is 400 g/mol. The third-order valence-corrected chi connectivity index (χ3v) is 5.30. The quantitative estimate of drug-likeness (QED) is 0.531. The number of rotatable bonds is 9. The first kappa shape index (κ1) is 23.1. The van der Waals surface area contributed by atoms with Gasteiger partial charge in [-0.2, -0.15) is 0 Å². The average molecular weight is 431 g/mol. The standard InChI is InChI=1S/C27H30N2O3/c1-4-25(32-22-14-10-11-20(2)19-22)27(31)29(3)24-16-9-8-15-23(24)26(30)28-18-17-21-12-6-5-7-13-21/h5-16,19,25H,4,17-18H2,1-3H3,(H,28,30). The number of amides is 2. The van der Waals surface area contributed by atoms with Crippen molar-refractivity contribution < 1.29 is 14.3 Å². The number of carbonyl (C=O) groups is 2. The lowest BCUT2D eigenvalue weighted by atomic mass is 10.1. The first-order valence-corrected chi connectivity index (χ1v) is 10.9. The zero-order valence-corrected chi connectivity index (χ0v) is 18.9. The zero-order chi connectivity index (χ0) is 22.9. The minimum atomic E-state index is -0.643. The van der Waals surface area contributed by atoms with Gasteiger partial charge in [0.1, 0.15) is 5.75 Å². The molecule has 0 aliphatic heterocycles. The molecule has 0 saturated carbocycles. The van der Waals surface area contributed by atoms with Gasteiger partial charge in [0, 0.05) is 13.6 Å². The van der Waals surface area contributed by atoms with Gasteiger partial charge in [-0.25, -0.2) is 0 Å². The normalized spacial score (nSPS) is 11.5. The second-order valence-electron chi connectivity index (χ2n) is 7.74. The molecule has 0 radical (unpaired) electrons. The molecule has 0 spiro atoms. The highest BCUT2D eigenvalue weighted by Crippen LogP contribution is 2.22. The molecule has 32 heavy (non-hydrogen) atoms. The van der Waals surface area contributed by atoms with E-state index in [2.05, 4.69) is 5.32 Å². The molecule has 0 aliphatic rings. The minimum Gasteiger partial charge on any atom is -0.481 e. The van der Waals surface area contributed by atoms with E-state index in [0.717, 1.165) is 17.5 Å². The van der Waals surface area contributed by atoms with E-state index in [1.54, 1.807) is 25.2 Å². The topological polar surface area (TPSA) is 58.6 Å². The van der Waals surface area contributed by atoms with Crippen molar-refractivity contribution >= 4 is 17.5 Å². The van der Waals surface area contributed by atoms with Gasteiger partial charge in [-0.1, -0.05) is 61.5 Å². The molecule has 0 aliphatic carbocycles. The Morgan fingerprint density at radius 2 is 1.69 bits per heavy atom. The fourth-order valence-corrected chi connectivity index (χ4v) is 3.51. The number of aryl methyl sites for hydroxylation is 1. The van der Waals surface area contributed by atoms with E-state index < -0.39 is 6.10 Å². The second-order valence-corrected chi connectivity index (χ2v) is 7.74. The molecule has 1 atom stereocenters. The highest BCUT2D eigenvalue weighted by molar-refractivity contribution is 6.05. The van der Waals surface area contributed by atoms with Crippen molar-refractivity contribution in [2.75, 3.05) is 18.5 Å². The monoisotopic (exact) mass is 430 g/mol. The summed E-state index contributed by atoms with van der Waals surface area (Å²) < 4.78 is 5.97. The molecule has 3 rings (SSSR count). The van der Waals surface area contributed by atoms with Crippen LogP contribution in [-0.2, 0) is 11.2 Å². The van der Waals surface area contributed by atoms with Crippen LogP contribution < -0.4 is 15.0 Å². The molecule has 0 heterocycles. The van der Waals surface area contributed by atoms with E-state index >= 15 is 0 Å². The second kappa shape index (κ2) is 11.1. The summed E-state index contributed by atoms with van der Waals surface area (Å²) in [6.45, 7) is 4.41. The average Bonchev–Trinajstić information content (AvgIpc) is 2.82. The number of carbonyl (C=O) groups excluding carboxylic acids is 2. The Morgan fingerprint density at radius 3 is 2.41 bits per heavy atom. The summed E-state index contributed by atoms with van der Waals surface area (Å²) in [6, 6.07) is 24.8. The number of anilines is 1. The molecule has 3 aromatic rings. The summed E-state index contributed by atoms with van der Waals surface area (Å²) in [7, 11) is 1.68. The maximum Gasteiger partial charge on any atom is 0.267 e. The van der Waals surface area contributed by atoms with Crippen molar-refractivity contribution in [3.05, 3.63) is 95.6 Å². The van der Waals surface area contributed by atoms with Gasteiger partial charge >= 0.3 is 0 Å². The van der Waals surface area contributed by atoms with Crippen LogP contribution in [-0.4, -0.2) is 31.5 Å². The molecule has 0 bridgehead atoms. The molecule has 0 saturated heterocycles. The van der Waals surface area contributed by atoms with Crippen LogP contribution in [0.15, 0.2) is 78.9 Å². The lowest BCUT2D eigenvalue weighted by molar-refractivity contribution is -0.125. The first-order chi connectivity index (χ1) is 15.5. The molecule has 5 nitrogen and oxygen atoms in total. The van der Waals surface area contributed by atoms with Crippen molar-refractivity contribution in [2.45, 2.75) is 32.8 Å². The molecule has 166 valence electrons. The Bertz CT molecular complexity index is 1050. The molecule has 3 aromatic carbocycles. The Labute approximate surface area is 190 Å². The van der Waals surface area contributed by atoms with E-state index in [1.165, 1.54) is 4.90 Å². The van der Waals surface area contributed by atoms with Crippen LogP contribution in [0.3, 0.4) is 0 Å². The smallest absolute Gasteiger partial charge is 0.267 e. The predicted octanol–water partition coefficient (Wildman–Crippen LogP) is 4.79. The van der Waals surface area contributed by atoms with Gasteiger partial charge in [0.15, 0.2) is 6.10 Å². The maximum absolute atomic E-state index is 13.2. The van der Waals surface area contributed by atoms with E-state index in [-0.39, 0.29) is 11.8 Å².